The molecule has 3 N–H and O–H groups in total. The Kier molecular flexibility index (Phi) is 8.04. The van der Waals surface area contributed by atoms with Gasteiger partial charge in [-0.15, -0.1) is 0 Å². The predicted octanol–water partition coefficient (Wildman–Crippen LogP) is 1.94. The van der Waals surface area contributed by atoms with Gasteiger partial charge in [0.15, 0.2) is 5.69 Å². The van der Waals surface area contributed by atoms with Crippen molar-refractivity contribution < 1.29 is 14.3 Å². The number of anilines is 2. The van der Waals surface area contributed by atoms with Gasteiger partial charge in [-0.05, 0) is 30.2 Å². The Morgan fingerprint density at radius 3 is 2.39 bits per heavy atom. The van der Waals surface area contributed by atoms with Gasteiger partial charge in [-0.1, -0.05) is 42.5 Å². The number of nitrogens with one attached hydrogen (secondary N) is 1. The van der Waals surface area contributed by atoms with Gasteiger partial charge < -0.3 is 15.2 Å². The van der Waals surface area contributed by atoms with Crippen LogP contribution in [0.15, 0.2) is 64.2 Å². The topological polar surface area (TPSA) is 120 Å². The van der Waals surface area contributed by atoms with Crippen molar-refractivity contribution in [1.82, 2.24) is 9.55 Å². The molecule has 0 radical (unpaired) electrons. The number of benzene rings is 2. The van der Waals surface area contributed by atoms with Gasteiger partial charge in [0.2, 0.25) is 5.91 Å². The minimum atomic E-state index is -0.720. The highest BCUT2D eigenvalue weighted by Gasteiger charge is 2.24. The Morgan fingerprint density at radius 1 is 1.06 bits per heavy atom. The van der Waals surface area contributed by atoms with Crippen LogP contribution in [0.5, 0.6) is 5.75 Å². The van der Waals surface area contributed by atoms with E-state index >= 15 is 0 Å². The fourth-order valence-corrected chi connectivity index (χ4v) is 3.44. The number of nitrogen functional groups attached to an aromatic ring is 1. The SMILES string of the molecule is CCOc1ccc(CC(=O)N(Cc2ccccc2)c2c(N)n(CCOC)c(=O)[nH]c2=O)cc1. The van der Waals surface area contributed by atoms with Gasteiger partial charge in [-0.2, -0.15) is 0 Å². The number of H-pyrrole nitrogens is 1. The molecule has 0 aliphatic heterocycles. The average Bonchev–Trinajstić information content (AvgIpc) is 2.80. The summed E-state index contributed by atoms with van der Waals surface area (Å²) in [5.74, 6) is 0.287. The highest BCUT2D eigenvalue weighted by atomic mass is 16.5. The number of carbonyl (C=O) groups excluding carboxylic acids is 1. The first-order valence-corrected chi connectivity index (χ1v) is 10.6. The number of rotatable bonds is 10. The van der Waals surface area contributed by atoms with E-state index in [1.165, 1.54) is 16.6 Å². The number of hydrogen-bond donors (Lipinski definition) is 2. The molecule has 3 rings (SSSR count). The van der Waals surface area contributed by atoms with E-state index in [9.17, 15) is 14.4 Å². The lowest BCUT2D eigenvalue weighted by atomic mass is 10.1. The highest BCUT2D eigenvalue weighted by molar-refractivity contribution is 5.96. The van der Waals surface area contributed by atoms with Gasteiger partial charge in [0.1, 0.15) is 11.6 Å². The molecule has 174 valence electrons. The van der Waals surface area contributed by atoms with Crippen molar-refractivity contribution >= 4 is 17.4 Å². The summed E-state index contributed by atoms with van der Waals surface area (Å²) in [6.07, 6.45) is 0.0370. The van der Waals surface area contributed by atoms with Crippen LogP contribution in [-0.2, 0) is 29.0 Å². The van der Waals surface area contributed by atoms with Crippen LogP contribution in [-0.4, -0.2) is 35.8 Å². The van der Waals surface area contributed by atoms with E-state index in [0.29, 0.717) is 12.4 Å². The van der Waals surface area contributed by atoms with Crippen LogP contribution in [0.2, 0.25) is 0 Å². The molecule has 0 fully saturated rings. The van der Waals surface area contributed by atoms with Gasteiger partial charge in [0.25, 0.3) is 5.56 Å². The summed E-state index contributed by atoms with van der Waals surface area (Å²) < 4.78 is 11.7. The summed E-state index contributed by atoms with van der Waals surface area (Å²) in [5, 5.41) is 0. The van der Waals surface area contributed by atoms with Crippen LogP contribution in [0.3, 0.4) is 0 Å². The number of hydrogen-bond acceptors (Lipinski definition) is 6. The van der Waals surface area contributed by atoms with Gasteiger partial charge in [0.05, 0.1) is 32.7 Å². The maximum Gasteiger partial charge on any atom is 0.330 e. The minimum Gasteiger partial charge on any atom is -0.494 e. The number of methoxy groups -OCH3 is 1. The van der Waals surface area contributed by atoms with Crippen LogP contribution >= 0.6 is 0 Å². The fourth-order valence-electron chi connectivity index (χ4n) is 3.44. The number of amides is 1. The monoisotopic (exact) mass is 452 g/mol. The average molecular weight is 453 g/mol. The molecule has 0 aliphatic rings. The standard InChI is InChI=1S/C24H28N4O5/c1-3-33-19-11-9-17(10-12-19)15-20(29)28(16-18-7-5-4-6-8-18)21-22(25)27(13-14-32-2)24(31)26-23(21)30/h4-12H,3,13-16,25H2,1-2H3,(H,26,30,31). The van der Waals surface area contributed by atoms with E-state index in [1.807, 2.05) is 37.3 Å². The normalized spacial score (nSPS) is 10.7. The molecule has 33 heavy (non-hydrogen) atoms. The molecular formula is C24H28N4O5. The van der Waals surface area contributed by atoms with E-state index in [-0.39, 0.29) is 43.5 Å². The predicted molar refractivity (Wildman–Crippen MR) is 127 cm³/mol. The van der Waals surface area contributed by atoms with Crippen LogP contribution in [0.25, 0.3) is 0 Å². The molecule has 0 unspecified atom stereocenters. The maximum atomic E-state index is 13.4. The van der Waals surface area contributed by atoms with Crippen molar-refractivity contribution in [3.8, 4) is 5.75 Å². The lowest BCUT2D eigenvalue weighted by Crippen LogP contribution is -2.41. The van der Waals surface area contributed by atoms with Gasteiger partial charge >= 0.3 is 5.69 Å². The summed E-state index contributed by atoms with van der Waals surface area (Å²) in [5.41, 5.74) is 6.37. The van der Waals surface area contributed by atoms with Crippen molar-refractivity contribution in [3.63, 3.8) is 0 Å². The zero-order valence-electron chi connectivity index (χ0n) is 18.7. The Hall–Kier alpha value is -3.85. The molecule has 0 saturated heterocycles. The smallest absolute Gasteiger partial charge is 0.330 e. The summed E-state index contributed by atoms with van der Waals surface area (Å²) in [4.78, 5) is 42.1. The lowest BCUT2D eigenvalue weighted by Gasteiger charge is -2.25. The summed E-state index contributed by atoms with van der Waals surface area (Å²) in [6.45, 7) is 2.91. The zero-order chi connectivity index (χ0) is 23.8. The van der Waals surface area contributed by atoms with Crippen LogP contribution in [0.1, 0.15) is 18.1 Å². The van der Waals surface area contributed by atoms with Crippen LogP contribution in [0, 0.1) is 0 Å². The lowest BCUT2D eigenvalue weighted by molar-refractivity contribution is -0.118. The molecular weight excluding hydrogens is 424 g/mol. The third-order valence-corrected chi connectivity index (χ3v) is 5.08. The third kappa shape index (κ3) is 5.89. The Bertz CT molecular complexity index is 1190. The fraction of sp³-hybridized carbons (Fsp3) is 0.292. The van der Waals surface area contributed by atoms with E-state index in [4.69, 9.17) is 15.2 Å². The molecule has 0 aliphatic carbocycles. The summed E-state index contributed by atoms with van der Waals surface area (Å²) in [7, 11) is 1.50. The second-order valence-electron chi connectivity index (χ2n) is 7.36. The van der Waals surface area contributed by atoms with E-state index < -0.39 is 11.2 Å². The van der Waals surface area contributed by atoms with E-state index in [0.717, 1.165) is 11.1 Å². The first-order valence-electron chi connectivity index (χ1n) is 10.6. The molecule has 1 aromatic heterocycles. The van der Waals surface area contributed by atoms with Crippen molar-refractivity contribution in [2.45, 2.75) is 26.4 Å². The number of aromatic amines is 1. The summed E-state index contributed by atoms with van der Waals surface area (Å²) in [6, 6.07) is 16.4. The largest absolute Gasteiger partial charge is 0.494 e. The number of nitrogens with zero attached hydrogens (tertiary/aromatic N) is 2. The molecule has 1 heterocycles. The highest BCUT2D eigenvalue weighted by Crippen LogP contribution is 2.21. The molecule has 0 bridgehead atoms. The van der Waals surface area contributed by atoms with E-state index in [2.05, 4.69) is 4.98 Å². The molecule has 3 aromatic rings. The Morgan fingerprint density at radius 2 is 1.76 bits per heavy atom. The van der Waals surface area contributed by atoms with Crippen LogP contribution < -0.4 is 26.6 Å². The molecule has 9 nitrogen and oxygen atoms in total. The zero-order valence-corrected chi connectivity index (χ0v) is 18.7. The first-order chi connectivity index (χ1) is 15.9. The maximum absolute atomic E-state index is 13.4. The minimum absolute atomic E-state index is 0.0370. The van der Waals surface area contributed by atoms with Crippen molar-refractivity contribution in [2.75, 3.05) is 31.0 Å². The number of carbonyl (C=O) groups is 1. The molecule has 2 aromatic carbocycles. The van der Waals surface area contributed by atoms with Crippen molar-refractivity contribution in [3.05, 3.63) is 86.6 Å². The summed E-state index contributed by atoms with van der Waals surface area (Å²) >= 11 is 0. The quantitative estimate of drug-likeness (QED) is 0.485. The van der Waals surface area contributed by atoms with E-state index in [1.54, 1.807) is 24.3 Å². The first kappa shape index (κ1) is 23.8. The number of aromatic nitrogens is 2. The van der Waals surface area contributed by atoms with Crippen LogP contribution in [0.4, 0.5) is 11.5 Å². The number of nitrogens with two attached hydrogens (primary N) is 1. The van der Waals surface area contributed by atoms with Gasteiger partial charge in [-0.25, -0.2) is 4.79 Å². The second kappa shape index (κ2) is 11.1. The molecule has 1 amide bonds. The molecule has 0 spiro atoms. The van der Waals surface area contributed by atoms with Crippen molar-refractivity contribution in [2.24, 2.45) is 0 Å². The van der Waals surface area contributed by atoms with Gasteiger partial charge in [0, 0.05) is 7.11 Å². The van der Waals surface area contributed by atoms with Gasteiger partial charge in [-0.3, -0.25) is 24.0 Å². The Balaban J connectivity index is 2.00. The molecule has 9 heteroatoms. The second-order valence-corrected chi connectivity index (χ2v) is 7.36. The molecule has 0 atom stereocenters. The Labute approximate surface area is 191 Å². The molecule has 0 saturated carbocycles. The third-order valence-electron chi connectivity index (χ3n) is 5.08. The number of ether oxygens (including phenoxy) is 2. The van der Waals surface area contributed by atoms with Crippen molar-refractivity contribution in [1.29, 1.82) is 0 Å².